The Morgan fingerprint density at radius 3 is 1.45 bits per heavy atom. The van der Waals surface area contributed by atoms with Crippen molar-refractivity contribution in [2.24, 2.45) is 0 Å². The van der Waals surface area contributed by atoms with Gasteiger partial charge in [0.2, 0.25) is 0 Å². The van der Waals surface area contributed by atoms with Crippen molar-refractivity contribution in [2.45, 2.75) is 19.8 Å². The Morgan fingerprint density at radius 1 is 0.690 bits per heavy atom. The molecule has 29 heavy (non-hydrogen) atoms. The van der Waals surface area contributed by atoms with E-state index >= 15 is 0 Å². The summed E-state index contributed by atoms with van der Waals surface area (Å²) in [4.78, 5) is 35.9. The van der Waals surface area contributed by atoms with Gasteiger partial charge in [0, 0.05) is 0 Å². The van der Waals surface area contributed by atoms with Crippen LogP contribution in [0, 0.1) is 0 Å². The molecule has 3 aromatic rings. The fraction of sp³-hybridized carbons (Fsp3) is 0.130. The number of rotatable bonds is 4. The molecule has 0 unspecified atom stereocenters. The van der Waals surface area contributed by atoms with E-state index in [9.17, 15) is 9.59 Å². The molecule has 0 saturated carbocycles. The molecule has 0 aliphatic rings. The molecule has 0 aromatic heterocycles. The lowest BCUT2D eigenvalue weighted by Crippen LogP contribution is -2.11. The monoisotopic (exact) mass is 394 g/mol. The molecule has 0 bridgehead atoms. The molecule has 6 nitrogen and oxygen atoms in total. The Balaban J connectivity index is 0.000000234. The first-order valence-corrected chi connectivity index (χ1v) is 8.96. The fourth-order valence-electron chi connectivity index (χ4n) is 2.23. The number of hydrogen-bond donors (Lipinski definition) is 1. The van der Waals surface area contributed by atoms with E-state index in [1.165, 1.54) is 5.56 Å². The lowest BCUT2D eigenvalue weighted by Gasteiger charge is -2.04. The molecule has 0 amide bonds. The van der Waals surface area contributed by atoms with Crippen molar-refractivity contribution < 1.29 is 29.5 Å². The van der Waals surface area contributed by atoms with Crippen molar-refractivity contribution in [3.63, 3.8) is 0 Å². The van der Waals surface area contributed by atoms with Gasteiger partial charge in [0.05, 0.1) is 11.1 Å². The molecule has 0 atom stereocenters. The fourth-order valence-corrected chi connectivity index (χ4v) is 2.23. The van der Waals surface area contributed by atoms with Crippen LogP contribution in [0.3, 0.4) is 0 Å². The molecule has 0 aliphatic carbocycles. The lowest BCUT2D eigenvalue weighted by atomic mass is 10.0. The molecule has 0 saturated heterocycles. The van der Waals surface area contributed by atoms with Gasteiger partial charge in [0.25, 0.3) is 0 Å². The summed E-state index contributed by atoms with van der Waals surface area (Å²) in [5, 5.41) is 8.27. The zero-order valence-electron chi connectivity index (χ0n) is 16.1. The average molecular weight is 394 g/mol. The van der Waals surface area contributed by atoms with Gasteiger partial charge in [-0.15, -0.1) is 0 Å². The van der Waals surface area contributed by atoms with E-state index in [4.69, 9.17) is 5.26 Å². The molecule has 0 radical (unpaired) electrons. The van der Waals surface area contributed by atoms with Gasteiger partial charge < -0.3 is 4.89 Å². The second-order valence-electron chi connectivity index (χ2n) is 6.29. The molecule has 150 valence electrons. The predicted molar refractivity (Wildman–Crippen MR) is 108 cm³/mol. The van der Waals surface area contributed by atoms with E-state index < -0.39 is 11.9 Å². The second-order valence-corrected chi connectivity index (χ2v) is 6.29. The first-order valence-electron chi connectivity index (χ1n) is 8.96. The van der Waals surface area contributed by atoms with Crippen LogP contribution in [-0.4, -0.2) is 17.2 Å². The van der Waals surface area contributed by atoms with Gasteiger partial charge >= 0.3 is 11.9 Å². The Labute approximate surface area is 169 Å². The van der Waals surface area contributed by atoms with Gasteiger partial charge in [-0.25, -0.2) is 24.6 Å². The van der Waals surface area contributed by atoms with Crippen LogP contribution in [-0.2, 0) is 9.78 Å². The molecule has 0 spiro atoms. The van der Waals surface area contributed by atoms with Crippen LogP contribution < -0.4 is 4.89 Å². The highest BCUT2D eigenvalue weighted by Gasteiger charge is 2.13. The Bertz CT molecular complexity index is 838. The Morgan fingerprint density at radius 2 is 1.10 bits per heavy atom. The summed E-state index contributed by atoms with van der Waals surface area (Å²) in [6, 6.07) is 23.9. The molecule has 1 N–H and O–H groups in total. The summed E-state index contributed by atoms with van der Waals surface area (Å²) in [7, 11) is 0. The first-order chi connectivity index (χ1) is 14.0. The van der Waals surface area contributed by atoms with Crippen molar-refractivity contribution in [3.8, 4) is 5.75 Å². The third kappa shape index (κ3) is 7.12. The maximum absolute atomic E-state index is 11.5. The van der Waals surface area contributed by atoms with E-state index in [0.717, 1.165) is 0 Å². The standard InChI is InChI=1S/C14H10O4.C9H12O2/c15-13(11-7-3-1-4-8-11)17-18-14(16)12-9-5-2-6-10-12;1-7(2)8-3-5-9(11-10)6-4-8/h1-10H;3-7,10H,1-2H3. The van der Waals surface area contributed by atoms with Crippen LogP contribution in [0.5, 0.6) is 5.75 Å². The summed E-state index contributed by atoms with van der Waals surface area (Å²) in [5.74, 6) is -0.420. The third-order valence-corrected chi connectivity index (χ3v) is 3.86. The van der Waals surface area contributed by atoms with Crippen molar-refractivity contribution in [1.82, 2.24) is 0 Å². The molecule has 3 rings (SSSR count). The Hall–Kier alpha value is -3.64. The molecule has 3 aromatic carbocycles. The number of carbonyl (C=O) groups is 2. The van der Waals surface area contributed by atoms with Crippen LogP contribution in [0.15, 0.2) is 84.9 Å². The van der Waals surface area contributed by atoms with E-state index in [-0.39, 0.29) is 0 Å². The highest BCUT2D eigenvalue weighted by Crippen LogP contribution is 2.17. The number of benzene rings is 3. The normalized spacial score (nSPS) is 9.79. The van der Waals surface area contributed by atoms with Crippen molar-refractivity contribution >= 4 is 11.9 Å². The maximum Gasteiger partial charge on any atom is 0.386 e. The average Bonchev–Trinajstić information content (AvgIpc) is 2.78. The van der Waals surface area contributed by atoms with Crippen LogP contribution >= 0.6 is 0 Å². The van der Waals surface area contributed by atoms with E-state index in [1.54, 1.807) is 72.8 Å². The van der Waals surface area contributed by atoms with E-state index in [0.29, 0.717) is 22.8 Å². The van der Waals surface area contributed by atoms with E-state index in [2.05, 4.69) is 28.5 Å². The van der Waals surface area contributed by atoms with Crippen LogP contribution in [0.2, 0.25) is 0 Å². The summed E-state index contributed by atoms with van der Waals surface area (Å²) in [6.45, 7) is 4.24. The van der Waals surface area contributed by atoms with Crippen molar-refractivity contribution in [3.05, 3.63) is 102 Å². The highest BCUT2D eigenvalue weighted by molar-refractivity contribution is 5.92. The van der Waals surface area contributed by atoms with E-state index in [1.807, 2.05) is 12.1 Å². The first kappa shape index (κ1) is 21.7. The maximum atomic E-state index is 11.5. The molecular formula is C23H22O6. The summed E-state index contributed by atoms with van der Waals surface area (Å²) >= 11 is 0. The third-order valence-electron chi connectivity index (χ3n) is 3.86. The van der Waals surface area contributed by atoms with Gasteiger partial charge in [0.1, 0.15) is 0 Å². The van der Waals surface area contributed by atoms with Gasteiger partial charge in [-0.2, -0.15) is 0 Å². The SMILES string of the molecule is CC(C)c1ccc(OO)cc1.O=C(OOC(=O)c1ccccc1)c1ccccc1. The quantitative estimate of drug-likeness (QED) is 0.479. The summed E-state index contributed by atoms with van der Waals surface area (Å²) in [6.07, 6.45) is 0. The van der Waals surface area contributed by atoms with Gasteiger partial charge in [-0.3, -0.25) is 0 Å². The van der Waals surface area contributed by atoms with Gasteiger partial charge in [-0.05, 0) is 47.9 Å². The van der Waals surface area contributed by atoms with Crippen LogP contribution in [0.4, 0.5) is 0 Å². The minimum atomic E-state index is -0.708. The Kier molecular flexibility index (Phi) is 8.41. The van der Waals surface area contributed by atoms with Gasteiger partial charge in [0.15, 0.2) is 5.75 Å². The molecule has 0 heterocycles. The molecule has 0 aliphatic heterocycles. The number of carbonyl (C=O) groups excluding carboxylic acids is 2. The van der Waals surface area contributed by atoms with Crippen LogP contribution in [0.25, 0.3) is 0 Å². The lowest BCUT2D eigenvalue weighted by molar-refractivity contribution is -0.187. The predicted octanol–water partition coefficient (Wildman–Crippen LogP) is 5.28. The summed E-state index contributed by atoms with van der Waals surface area (Å²) < 4.78 is 0. The highest BCUT2D eigenvalue weighted by atomic mass is 17.2. The molecular weight excluding hydrogens is 372 g/mol. The summed E-state index contributed by atoms with van der Waals surface area (Å²) in [5.41, 5.74) is 1.88. The number of hydrogen-bond acceptors (Lipinski definition) is 6. The molecule has 6 heteroatoms. The van der Waals surface area contributed by atoms with Crippen molar-refractivity contribution in [1.29, 1.82) is 0 Å². The minimum absolute atomic E-state index is 0.318. The second kappa shape index (κ2) is 11.3. The van der Waals surface area contributed by atoms with Gasteiger partial charge in [-0.1, -0.05) is 62.4 Å². The topological polar surface area (TPSA) is 82.1 Å². The zero-order valence-corrected chi connectivity index (χ0v) is 16.1. The smallest absolute Gasteiger partial charge is 0.340 e. The largest absolute Gasteiger partial charge is 0.386 e. The van der Waals surface area contributed by atoms with Crippen molar-refractivity contribution in [2.75, 3.05) is 0 Å². The molecule has 0 fully saturated rings. The minimum Gasteiger partial charge on any atom is -0.340 e. The zero-order chi connectivity index (χ0) is 21.1. The van der Waals surface area contributed by atoms with Crippen LogP contribution in [0.1, 0.15) is 46.0 Å².